The molecule has 1 fully saturated rings. The maximum Gasteiger partial charge on any atom is 0.118 e. The second-order valence-electron chi connectivity index (χ2n) is 5.47. The fourth-order valence-corrected chi connectivity index (χ4v) is 2.67. The Labute approximate surface area is 135 Å². The van der Waals surface area contributed by atoms with Crippen molar-refractivity contribution in [3.63, 3.8) is 0 Å². The lowest BCUT2D eigenvalue weighted by Gasteiger charge is -2.40. The summed E-state index contributed by atoms with van der Waals surface area (Å²) in [5.41, 5.74) is -1.84. The van der Waals surface area contributed by atoms with Gasteiger partial charge in [-0.25, -0.2) is 0 Å². The van der Waals surface area contributed by atoms with Crippen molar-refractivity contribution in [3.05, 3.63) is 29.7 Å². The molecule has 0 aliphatic heterocycles. The van der Waals surface area contributed by atoms with Crippen molar-refractivity contribution >= 4 is 0 Å². The van der Waals surface area contributed by atoms with Gasteiger partial charge in [0.25, 0.3) is 0 Å². The summed E-state index contributed by atoms with van der Waals surface area (Å²) in [6.45, 7) is -2.19. The molecule has 0 heterocycles. The molecule has 1 saturated carbocycles. The fraction of sp³-hybridized carbons (Fsp3) is 0.647. The molecule has 0 aromatic heterocycles. The topological polar surface area (TPSA) is 32.7 Å². The summed E-state index contributed by atoms with van der Waals surface area (Å²) in [7, 11) is -0.0191. The van der Waals surface area contributed by atoms with Crippen molar-refractivity contribution < 1.29 is 22.2 Å². The molecule has 0 radical (unpaired) electrons. The summed E-state index contributed by atoms with van der Waals surface area (Å²) in [5, 5.41) is 11.4. The monoisotopic (exact) mass is 286 g/mol. The van der Waals surface area contributed by atoms with E-state index in [1.807, 2.05) is 0 Å². The average molecular weight is 286 g/mol. The third kappa shape index (κ3) is 3.53. The van der Waals surface area contributed by atoms with Gasteiger partial charge in [0.1, 0.15) is 5.75 Å². The minimum absolute atomic E-state index is 0.262. The number of methoxy groups -OCH3 is 1. The van der Waals surface area contributed by atoms with Crippen molar-refractivity contribution in [1.29, 1.82) is 0 Å². The first-order valence-corrected chi connectivity index (χ1v) is 6.82. The van der Waals surface area contributed by atoms with Gasteiger partial charge in [-0.1, -0.05) is 31.3 Å². The lowest BCUT2D eigenvalue weighted by Crippen LogP contribution is -2.42. The van der Waals surface area contributed by atoms with E-state index in [-0.39, 0.29) is 18.4 Å². The highest BCUT2D eigenvalue weighted by molar-refractivity contribution is 5.31. The quantitative estimate of drug-likeness (QED) is 0.903. The van der Waals surface area contributed by atoms with E-state index in [2.05, 4.69) is 4.74 Å². The molecule has 2 rings (SSSR count). The number of nitrogens with zero attached hydrogens (tertiary/aromatic N) is 1. The average Bonchev–Trinajstić information content (AvgIpc) is 2.60. The van der Waals surface area contributed by atoms with Gasteiger partial charge in [-0.2, -0.15) is 0 Å². The van der Waals surface area contributed by atoms with Crippen LogP contribution in [0.5, 0.6) is 5.75 Å². The van der Waals surface area contributed by atoms with Crippen LogP contribution in [0.4, 0.5) is 0 Å². The molecule has 1 aliphatic rings. The van der Waals surface area contributed by atoms with Crippen LogP contribution in [0.3, 0.4) is 0 Å². The van der Waals surface area contributed by atoms with Crippen molar-refractivity contribution in [3.8, 4) is 5.75 Å². The zero-order valence-corrected chi connectivity index (χ0v) is 11.9. The predicted octanol–water partition coefficient (Wildman–Crippen LogP) is 3.04. The molecular weight excluding hydrogens is 250 g/mol. The van der Waals surface area contributed by atoms with Gasteiger partial charge in [-0.15, -0.1) is 0 Å². The molecule has 3 nitrogen and oxygen atoms in total. The van der Waals surface area contributed by atoms with Gasteiger partial charge in [0.2, 0.25) is 0 Å². The first-order valence-electron chi connectivity index (χ1n) is 11.3. The number of rotatable bonds is 5. The van der Waals surface area contributed by atoms with Gasteiger partial charge in [0.15, 0.2) is 0 Å². The number of hydrogen-bond acceptors (Lipinski definition) is 3. The predicted molar refractivity (Wildman–Crippen MR) is 82.3 cm³/mol. The van der Waals surface area contributed by atoms with Crippen LogP contribution in [0, 0.1) is 0 Å². The molecule has 1 aromatic rings. The van der Waals surface area contributed by atoms with Crippen molar-refractivity contribution in [1.82, 2.24) is 4.90 Å². The standard InChI is InChI=1S/C17H27NO2/c1-18(2)13-16(17(19)11-5-4-6-12-17)14-7-9-15(20-3)10-8-14/h7-10,16,19H,4-6,11-13H2,1-3H3/t16-/m1/s1/i3D3,7D,8D,9D,10D,13D2. The van der Waals surface area contributed by atoms with Crippen LogP contribution in [0.1, 0.15) is 55.9 Å². The van der Waals surface area contributed by atoms with Gasteiger partial charge < -0.3 is 14.7 Å². The largest absolute Gasteiger partial charge is 0.497 e. The molecule has 1 aromatic carbocycles. The zero-order valence-electron chi connectivity index (χ0n) is 20.9. The van der Waals surface area contributed by atoms with Crippen molar-refractivity contribution in [2.45, 2.75) is 43.6 Å². The first-order chi connectivity index (χ1) is 13.1. The summed E-state index contributed by atoms with van der Waals surface area (Å²) in [4.78, 5) is 1.24. The molecule has 1 atom stereocenters. The Morgan fingerprint density at radius 3 is 2.55 bits per heavy atom. The first kappa shape index (κ1) is 7.28. The van der Waals surface area contributed by atoms with Crippen LogP contribution in [0.15, 0.2) is 24.2 Å². The second kappa shape index (κ2) is 6.59. The van der Waals surface area contributed by atoms with Crippen LogP contribution in [-0.4, -0.2) is 43.2 Å². The summed E-state index contributed by atoms with van der Waals surface area (Å²) < 4.78 is 76.6. The normalized spacial score (nSPS) is 27.7. The minimum atomic E-state index is -2.97. The second-order valence-corrected chi connectivity index (χ2v) is 5.47. The Balaban J connectivity index is 2.78. The van der Waals surface area contributed by atoms with Crippen LogP contribution < -0.4 is 4.74 Å². The van der Waals surface area contributed by atoms with Gasteiger partial charge in [0, 0.05) is 15.2 Å². The van der Waals surface area contributed by atoms with Crippen LogP contribution >= 0.6 is 0 Å². The third-order valence-electron chi connectivity index (χ3n) is 3.66. The van der Waals surface area contributed by atoms with Gasteiger partial charge in [-0.3, -0.25) is 0 Å². The van der Waals surface area contributed by atoms with E-state index in [0.29, 0.717) is 12.8 Å². The molecule has 20 heavy (non-hydrogen) atoms. The minimum Gasteiger partial charge on any atom is -0.497 e. The van der Waals surface area contributed by atoms with E-state index >= 15 is 0 Å². The summed E-state index contributed by atoms with van der Waals surface area (Å²) >= 11 is 0. The molecule has 0 amide bonds. The van der Waals surface area contributed by atoms with E-state index < -0.39 is 55.0 Å². The number of hydrogen-bond donors (Lipinski definition) is 1. The summed E-state index contributed by atoms with van der Waals surface area (Å²) in [6, 6.07) is -2.65. The maximum atomic E-state index is 11.4. The number of ether oxygens (including phenoxy) is 1. The molecule has 3 heteroatoms. The van der Waals surface area contributed by atoms with Gasteiger partial charge in [0.05, 0.1) is 22.2 Å². The van der Waals surface area contributed by atoms with Crippen molar-refractivity contribution in [2.24, 2.45) is 0 Å². The third-order valence-corrected chi connectivity index (χ3v) is 3.66. The van der Waals surface area contributed by atoms with E-state index in [0.717, 1.165) is 6.42 Å². The Morgan fingerprint density at radius 1 is 1.35 bits per heavy atom. The number of aliphatic hydroxyl groups is 1. The van der Waals surface area contributed by atoms with Crippen LogP contribution in [-0.2, 0) is 0 Å². The van der Waals surface area contributed by atoms with E-state index in [1.165, 1.54) is 19.0 Å². The highest BCUT2D eigenvalue weighted by atomic mass is 16.5. The van der Waals surface area contributed by atoms with Crippen molar-refractivity contribution in [2.75, 3.05) is 27.6 Å². The fourth-order valence-electron chi connectivity index (χ4n) is 2.67. The van der Waals surface area contributed by atoms with E-state index in [1.54, 1.807) is 0 Å². The van der Waals surface area contributed by atoms with Gasteiger partial charge >= 0.3 is 0 Å². The molecular formula is C17H27NO2. The Bertz CT molecular complexity index is 729. The zero-order chi connectivity index (χ0) is 22.4. The highest BCUT2D eigenvalue weighted by Crippen LogP contribution is 2.40. The number of benzene rings is 1. The molecule has 1 aliphatic carbocycles. The lowest BCUT2D eigenvalue weighted by molar-refractivity contribution is -0.0277. The Morgan fingerprint density at radius 2 is 2.00 bits per heavy atom. The smallest absolute Gasteiger partial charge is 0.118 e. The molecule has 112 valence electrons. The summed E-state index contributed by atoms with van der Waals surface area (Å²) in [6.07, 6.45) is 2.70. The molecule has 0 bridgehead atoms. The molecule has 0 unspecified atom stereocenters. The molecule has 1 N–H and O–H groups in total. The Kier molecular flexibility index (Phi) is 2.40. The molecule has 0 saturated heterocycles. The van der Waals surface area contributed by atoms with Gasteiger partial charge in [-0.05, 0) is 44.6 Å². The van der Waals surface area contributed by atoms with E-state index in [4.69, 9.17) is 12.3 Å². The lowest BCUT2D eigenvalue weighted by atomic mass is 9.72. The maximum absolute atomic E-state index is 11.4. The number of likely N-dealkylation sites (N-methyl/N-ethyl adjacent to an activating group) is 1. The SMILES string of the molecule is [2H]c1c([2H])c([C@H](C2(O)CCCCC2)C([2H])([2H])N(C)C)c([2H])c([2H])c1OC([2H])([2H])[2H]. The van der Waals surface area contributed by atoms with E-state index in [9.17, 15) is 5.11 Å². The highest BCUT2D eigenvalue weighted by Gasteiger charge is 2.38. The Hall–Kier alpha value is -1.06. The molecule has 0 spiro atoms. The summed E-state index contributed by atoms with van der Waals surface area (Å²) in [5.74, 6) is -2.09. The van der Waals surface area contributed by atoms with Crippen LogP contribution in [0.2, 0.25) is 0 Å². The van der Waals surface area contributed by atoms with Crippen LogP contribution in [0.25, 0.3) is 0 Å².